The normalized spacial score (nSPS) is 11.6. The highest BCUT2D eigenvalue weighted by molar-refractivity contribution is 6.31. The van der Waals surface area contributed by atoms with Gasteiger partial charge in [0.05, 0.1) is 11.5 Å². The van der Waals surface area contributed by atoms with Gasteiger partial charge in [0, 0.05) is 36.3 Å². The fourth-order valence-electron chi connectivity index (χ4n) is 1.56. The summed E-state index contributed by atoms with van der Waals surface area (Å²) in [6.07, 6.45) is 0. The van der Waals surface area contributed by atoms with Crippen LogP contribution in [0.1, 0.15) is 19.4 Å². The lowest BCUT2D eigenvalue weighted by Crippen LogP contribution is -2.42. The fraction of sp³-hybridized carbons (Fsp3) is 0.500. The number of rotatable bonds is 6. The Hall–Kier alpha value is -1.17. The van der Waals surface area contributed by atoms with E-state index >= 15 is 0 Å². The van der Waals surface area contributed by atoms with E-state index in [2.05, 4.69) is 5.32 Å². The van der Waals surface area contributed by atoms with Crippen LogP contribution >= 0.6 is 11.6 Å². The Morgan fingerprint density at radius 2 is 2.17 bits per heavy atom. The molecule has 0 heterocycles. The lowest BCUT2D eigenvalue weighted by Gasteiger charge is -2.25. The molecule has 0 amide bonds. The van der Waals surface area contributed by atoms with Crippen LogP contribution in [0.4, 0.5) is 5.69 Å². The summed E-state index contributed by atoms with van der Waals surface area (Å²) in [5, 5.41) is 14.5. The third-order valence-electron chi connectivity index (χ3n) is 2.50. The average Bonchev–Trinajstić information content (AvgIpc) is 2.27. The van der Waals surface area contributed by atoms with E-state index in [-0.39, 0.29) is 11.2 Å². The standard InChI is InChI=1S/C12H17ClN2O3/c1-12(2,8-18-3)14-7-9-6-10(15(16)17)4-5-11(9)13/h4-6,14H,7-8H2,1-3H3. The van der Waals surface area contributed by atoms with E-state index in [9.17, 15) is 10.1 Å². The second-order valence-corrected chi connectivity index (χ2v) is 5.11. The first kappa shape index (κ1) is 14.9. The molecule has 0 fully saturated rings. The quantitative estimate of drug-likeness (QED) is 0.639. The molecule has 0 atom stereocenters. The van der Waals surface area contributed by atoms with Gasteiger partial charge in [0.25, 0.3) is 5.69 Å². The van der Waals surface area contributed by atoms with Crippen molar-refractivity contribution < 1.29 is 9.66 Å². The van der Waals surface area contributed by atoms with E-state index in [0.717, 1.165) is 0 Å². The molecule has 6 heteroatoms. The molecule has 1 aromatic carbocycles. The molecule has 5 nitrogen and oxygen atoms in total. The zero-order valence-corrected chi connectivity index (χ0v) is 11.5. The number of nitrogens with one attached hydrogen (secondary N) is 1. The molecule has 0 aliphatic rings. The SMILES string of the molecule is COCC(C)(C)NCc1cc([N+](=O)[O-])ccc1Cl. The number of benzene rings is 1. The number of ether oxygens (including phenoxy) is 1. The molecule has 100 valence electrons. The predicted octanol–water partition coefficient (Wildman–Crippen LogP) is 2.76. The first-order chi connectivity index (χ1) is 8.35. The Morgan fingerprint density at radius 3 is 2.72 bits per heavy atom. The molecule has 0 unspecified atom stereocenters. The summed E-state index contributed by atoms with van der Waals surface area (Å²) in [6.45, 7) is 4.97. The van der Waals surface area contributed by atoms with Crippen molar-refractivity contribution in [2.45, 2.75) is 25.9 Å². The minimum Gasteiger partial charge on any atom is -0.383 e. The number of nitro benzene ring substituents is 1. The van der Waals surface area contributed by atoms with Gasteiger partial charge in [0.1, 0.15) is 0 Å². The Kier molecular flexibility index (Phi) is 5.07. The van der Waals surface area contributed by atoms with Gasteiger partial charge in [-0.15, -0.1) is 0 Å². The molecule has 0 radical (unpaired) electrons. The molecule has 0 saturated heterocycles. The summed E-state index contributed by atoms with van der Waals surface area (Å²) in [7, 11) is 1.63. The van der Waals surface area contributed by atoms with Gasteiger partial charge in [0.2, 0.25) is 0 Å². The van der Waals surface area contributed by atoms with Gasteiger partial charge in [-0.3, -0.25) is 10.1 Å². The summed E-state index contributed by atoms with van der Waals surface area (Å²) >= 11 is 6.01. The first-order valence-electron chi connectivity index (χ1n) is 5.52. The van der Waals surface area contributed by atoms with Crippen molar-refractivity contribution in [3.63, 3.8) is 0 Å². The van der Waals surface area contributed by atoms with Crippen LogP contribution in [0, 0.1) is 10.1 Å². The summed E-state index contributed by atoms with van der Waals surface area (Å²) in [5.41, 5.74) is 0.527. The summed E-state index contributed by atoms with van der Waals surface area (Å²) < 4.78 is 5.08. The third kappa shape index (κ3) is 4.25. The number of methoxy groups -OCH3 is 1. The molecule has 0 spiro atoms. The molecular formula is C12H17ClN2O3. The number of hydrogen-bond acceptors (Lipinski definition) is 4. The Balaban J connectivity index is 2.78. The van der Waals surface area contributed by atoms with Gasteiger partial charge in [-0.2, -0.15) is 0 Å². The van der Waals surface area contributed by atoms with Gasteiger partial charge in [-0.1, -0.05) is 11.6 Å². The maximum Gasteiger partial charge on any atom is 0.269 e. The van der Waals surface area contributed by atoms with Crippen molar-refractivity contribution in [1.29, 1.82) is 0 Å². The van der Waals surface area contributed by atoms with Crippen molar-refractivity contribution in [3.05, 3.63) is 38.9 Å². The number of non-ortho nitro benzene ring substituents is 1. The van der Waals surface area contributed by atoms with Crippen LogP contribution in [0.2, 0.25) is 5.02 Å². The topological polar surface area (TPSA) is 64.4 Å². The fourth-order valence-corrected chi connectivity index (χ4v) is 1.74. The van der Waals surface area contributed by atoms with Crippen LogP contribution in [0.3, 0.4) is 0 Å². The van der Waals surface area contributed by atoms with E-state index < -0.39 is 4.92 Å². The Morgan fingerprint density at radius 1 is 1.50 bits per heavy atom. The lowest BCUT2D eigenvalue weighted by atomic mass is 10.1. The first-order valence-corrected chi connectivity index (χ1v) is 5.90. The molecule has 0 saturated carbocycles. The van der Waals surface area contributed by atoms with E-state index in [4.69, 9.17) is 16.3 Å². The highest BCUT2D eigenvalue weighted by Gasteiger charge is 2.18. The number of hydrogen-bond donors (Lipinski definition) is 1. The number of nitrogens with zero attached hydrogens (tertiary/aromatic N) is 1. The van der Waals surface area contributed by atoms with Crippen molar-refractivity contribution in [1.82, 2.24) is 5.32 Å². The summed E-state index contributed by atoms with van der Waals surface area (Å²) in [4.78, 5) is 10.3. The molecule has 0 bridgehead atoms. The Labute approximate surface area is 111 Å². The summed E-state index contributed by atoms with van der Waals surface area (Å²) in [5.74, 6) is 0. The summed E-state index contributed by atoms with van der Waals surface area (Å²) in [6, 6.07) is 4.42. The molecule has 1 aromatic rings. The van der Waals surface area contributed by atoms with Crippen LogP contribution in [0.25, 0.3) is 0 Å². The molecule has 0 aliphatic carbocycles. The second kappa shape index (κ2) is 6.13. The lowest BCUT2D eigenvalue weighted by molar-refractivity contribution is -0.384. The van der Waals surface area contributed by atoms with Crippen molar-refractivity contribution in [3.8, 4) is 0 Å². The number of halogens is 1. The number of nitro groups is 1. The zero-order chi connectivity index (χ0) is 13.8. The smallest absolute Gasteiger partial charge is 0.269 e. The molecule has 0 aliphatic heterocycles. The highest BCUT2D eigenvalue weighted by atomic mass is 35.5. The van der Waals surface area contributed by atoms with Gasteiger partial charge in [-0.25, -0.2) is 0 Å². The van der Waals surface area contributed by atoms with E-state index in [0.29, 0.717) is 23.7 Å². The molecular weight excluding hydrogens is 256 g/mol. The van der Waals surface area contributed by atoms with Gasteiger partial charge in [-0.05, 0) is 25.5 Å². The molecule has 0 aromatic heterocycles. The zero-order valence-electron chi connectivity index (χ0n) is 10.7. The highest BCUT2D eigenvalue weighted by Crippen LogP contribution is 2.22. The van der Waals surface area contributed by atoms with Crippen LogP contribution in [-0.2, 0) is 11.3 Å². The third-order valence-corrected chi connectivity index (χ3v) is 2.87. The molecule has 1 N–H and O–H groups in total. The largest absolute Gasteiger partial charge is 0.383 e. The maximum absolute atomic E-state index is 10.7. The predicted molar refractivity (Wildman–Crippen MR) is 70.9 cm³/mol. The maximum atomic E-state index is 10.7. The van der Waals surface area contributed by atoms with E-state index in [1.54, 1.807) is 13.2 Å². The minimum atomic E-state index is -0.430. The minimum absolute atomic E-state index is 0.0424. The van der Waals surface area contributed by atoms with Gasteiger partial charge in [0.15, 0.2) is 0 Å². The van der Waals surface area contributed by atoms with Crippen molar-refractivity contribution in [2.75, 3.05) is 13.7 Å². The van der Waals surface area contributed by atoms with Crippen molar-refractivity contribution in [2.24, 2.45) is 0 Å². The average molecular weight is 273 g/mol. The van der Waals surface area contributed by atoms with Crippen LogP contribution in [-0.4, -0.2) is 24.2 Å². The van der Waals surface area contributed by atoms with E-state index in [1.807, 2.05) is 13.8 Å². The molecule has 18 heavy (non-hydrogen) atoms. The van der Waals surface area contributed by atoms with Gasteiger partial charge < -0.3 is 10.1 Å². The second-order valence-electron chi connectivity index (χ2n) is 4.70. The Bertz CT molecular complexity index is 435. The van der Waals surface area contributed by atoms with Crippen molar-refractivity contribution >= 4 is 17.3 Å². The van der Waals surface area contributed by atoms with Crippen LogP contribution in [0.15, 0.2) is 18.2 Å². The van der Waals surface area contributed by atoms with Gasteiger partial charge >= 0.3 is 0 Å². The molecule has 1 rings (SSSR count). The monoisotopic (exact) mass is 272 g/mol. The van der Waals surface area contributed by atoms with E-state index in [1.165, 1.54) is 12.1 Å². The van der Waals surface area contributed by atoms with Crippen LogP contribution in [0.5, 0.6) is 0 Å². The van der Waals surface area contributed by atoms with Crippen LogP contribution < -0.4 is 5.32 Å².